The maximum atomic E-state index is 11.6. The minimum atomic E-state index is -0.159. The van der Waals surface area contributed by atoms with Gasteiger partial charge >= 0.3 is 0 Å². The van der Waals surface area contributed by atoms with Gasteiger partial charge in [0.25, 0.3) is 0 Å². The first kappa shape index (κ1) is 12.6. The van der Waals surface area contributed by atoms with Crippen LogP contribution in [0.15, 0.2) is 0 Å². The van der Waals surface area contributed by atoms with Crippen LogP contribution in [0.2, 0.25) is 0 Å². The van der Waals surface area contributed by atoms with E-state index in [9.17, 15) is 9.59 Å². The lowest BCUT2D eigenvalue weighted by molar-refractivity contribution is -0.135. The van der Waals surface area contributed by atoms with Crippen molar-refractivity contribution in [2.75, 3.05) is 0 Å². The van der Waals surface area contributed by atoms with Crippen molar-refractivity contribution in [3.63, 3.8) is 0 Å². The zero-order valence-corrected chi connectivity index (χ0v) is 10.5. The zero-order valence-electron chi connectivity index (χ0n) is 10.5. The number of hydrogen-bond acceptors (Lipinski definition) is 3. The molecule has 4 heteroatoms. The second-order valence-electron chi connectivity index (χ2n) is 5.31. The summed E-state index contributed by atoms with van der Waals surface area (Å²) in [4.78, 5) is 22.7. The first-order valence-electron chi connectivity index (χ1n) is 6.78. The minimum absolute atomic E-state index is 0.136. The SMILES string of the molecule is CCC1CCCC(NC2CCC(=O)NC2=O)C1. The van der Waals surface area contributed by atoms with Crippen molar-refractivity contribution >= 4 is 11.8 Å². The Bertz CT molecular complexity index is 304. The maximum absolute atomic E-state index is 11.6. The standard InChI is InChI=1S/C13H22N2O2/c1-2-9-4-3-5-10(8-9)14-11-6-7-12(16)15-13(11)17/h9-11,14H,2-8H2,1H3,(H,15,16,17). The molecule has 1 saturated carbocycles. The molecule has 0 bridgehead atoms. The summed E-state index contributed by atoms with van der Waals surface area (Å²) in [5.74, 6) is 0.525. The fourth-order valence-corrected chi connectivity index (χ4v) is 2.95. The van der Waals surface area contributed by atoms with Gasteiger partial charge in [0.2, 0.25) is 11.8 Å². The van der Waals surface area contributed by atoms with Gasteiger partial charge in [0.1, 0.15) is 0 Å². The number of nitrogens with one attached hydrogen (secondary N) is 2. The fourth-order valence-electron chi connectivity index (χ4n) is 2.95. The van der Waals surface area contributed by atoms with Crippen LogP contribution < -0.4 is 10.6 Å². The van der Waals surface area contributed by atoms with Gasteiger partial charge in [-0.05, 0) is 25.2 Å². The molecule has 2 rings (SSSR count). The topological polar surface area (TPSA) is 58.2 Å². The number of imide groups is 1. The Hall–Kier alpha value is -0.900. The highest BCUT2D eigenvalue weighted by molar-refractivity contribution is 6.00. The Kier molecular flexibility index (Phi) is 4.15. The quantitative estimate of drug-likeness (QED) is 0.730. The van der Waals surface area contributed by atoms with Crippen molar-refractivity contribution in [2.45, 2.75) is 64.0 Å². The second-order valence-corrected chi connectivity index (χ2v) is 5.31. The van der Waals surface area contributed by atoms with E-state index in [0.29, 0.717) is 18.9 Å². The molecule has 1 aliphatic carbocycles. The van der Waals surface area contributed by atoms with Crippen molar-refractivity contribution in [3.05, 3.63) is 0 Å². The van der Waals surface area contributed by atoms with E-state index < -0.39 is 0 Å². The van der Waals surface area contributed by atoms with E-state index in [1.54, 1.807) is 0 Å². The molecule has 2 fully saturated rings. The molecule has 1 heterocycles. The van der Waals surface area contributed by atoms with Gasteiger partial charge < -0.3 is 5.32 Å². The lowest BCUT2D eigenvalue weighted by Crippen LogP contribution is -2.54. The highest BCUT2D eigenvalue weighted by atomic mass is 16.2. The van der Waals surface area contributed by atoms with Crippen molar-refractivity contribution < 1.29 is 9.59 Å². The van der Waals surface area contributed by atoms with Gasteiger partial charge in [-0.25, -0.2) is 0 Å². The van der Waals surface area contributed by atoms with Crippen LogP contribution in [-0.2, 0) is 9.59 Å². The van der Waals surface area contributed by atoms with E-state index in [4.69, 9.17) is 0 Å². The average Bonchev–Trinajstić information content (AvgIpc) is 2.33. The molecular weight excluding hydrogens is 216 g/mol. The summed E-state index contributed by atoms with van der Waals surface area (Å²) < 4.78 is 0. The largest absolute Gasteiger partial charge is 0.303 e. The summed E-state index contributed by atoms with van der Waals surface area (Å²) >= 11 is 0. The summed E-state index contributed by atoms with van der Waals surface area (Å²) in [7, 11) is 0. The van der Waals surface area contributed by atoms with E-state index in [1.165, 1.54) is 25.7 Å². The van der Waals surface area contributed by atoms with Crippen molar-refractivity contribution in [3.8, 4) is 0 Å². The molecular formula is C13H22N2O2. The van der Waals surface area contributed by atoms with Crippen LogP contribution in [0.25, 0.3) is 0 Å². The van der Waals surface area contributed by atoms with E-state index in [1.807, 2.05) is 0 Å². The van der Waals surface area contributed by atoms with Gasteiger partial charge in [-0.2, -0.15) is 0 Å². The molecule has 0 aromatic rings. The average molecular weight is 238 g/mol. The number of carbonyl (C=O) groups is 2. The lowest BCUT2D eigenvalue weighted by atomic mass is 9.83. The molecule has 1 saturated heterocycles. The number of carbonyl (C=O) groups excluding carboxylic acids is 2. The summed E-state index contributed by atoms with van der Waals surface area (Å²) in [6, 6.07) is 0.297. The van der Waals surface area contributed by atoms with Crippen LogP contribution in [0, 0.1) is 5.92 Å². The Balaban J connectivity index is 1.83. The van der Waals surface area contributed by atoms with Crippen molar-refractivity contribution in [2.24, 2.45) is 5.92 Å². The molecule has 3 atom stereocenters. The van der Waals surface area contributed by atoms with Crippen LogP contribution in [0.4, 0.5) is 0 Å². The Morgan fingerprint density at radius 3 is 2.82 bits per heavy atom. The molecule has 2 aliphatic rings. The smallest absolute Gasteiger partial charge is 0.243 e. The molecule has 96 valence electrons. The Morgan fingerprint density at radius 2 is 2.12 bits per heavy atom. The monoisotopic (exact) mass is 238 g/mol. The third-order valence-electron chi connectivity index (χ3n) is 4.04. The van der Waals surface area contributed by atoms with Crippen LogP contribution >= 0.6 is 0 Å². The van der Waals surface area contributed by atoms with E-state index in [-0.39, 0.29) is 17.9 Å². The van der Waals surface area contributed by atoms with Gasteiger partial charge in [-0.3, -0.25) is 14.9 Å². The van der Waals surface area contributed by atoms with Crippen molar-refractivity contribution in [1.29, 1.82) is 0 Å². The van der Waals surface area contributed by atoms with Crippen LogP contribution in [0.1, 0.15) is 51.9 Å². The van der Waals surface area contributed by atoms with Crippen LogP contribution in [0.3, 0.4) is 0 Å². The molecule has 1 aliphatic heterocycles. The van der Waals surface area contributed by atoms with Gasteiger partial charge in [0.05, 0.1) is 6.04 Å². The highest BCUT2D eigenvalue weighted by Gasteiger charge is 2.30. The number of amides is 2. The van der Waals surface area contributed by atoms with Gasteiger partial charge in [-0.15, -0.1) is 0 Å². The van der Waals surface area contributed by atoms with E-state index in [2.05, 4.69) is 17.6 Å². The first-order valence-corrected chi connectivity index (χ1v) is 6.78. The van der Waals surface area contributed by atoms with Gasteiger partial charge in [-0.1, -0.05) is 26.2 Å². The van der Waals surface area contributed by atoms with E-state index >= 15 is 0 Å². The highest BCUT2D eigenvalue weighted by Crippen LogP contribution is 2.27. The number of rotatable bonds is 3. The lowest BCUT2D eigenvalue weighted by Gasteiger charge is -2.33. The second kappa shape index (κ2) is 5.63. The molecule has 4 nitrogen and oxygen atoms in total. The Morgan fingerprint density at radius 1 is 1.29 bits per heavy atom. The molecule has 0 radical (unpaired) electrons. The van der Waals surface area contributed by atoms with Crippen LogP contribution in [0.5, 0.6) is 0 Å². The normalized spacial score (nSPS) is 34.5. The molecule has 0 aromatic heterocycles. The fraction of sp³-hybridized carbons (Fsp3) is 0.846. The first-order chi connectivity index (χ1) is 8.19. The molecule has 0 aromatic carbocycles. The zero-order chi connectivity index (χ0) is 12.3. The summed E-state index contributed by atoms with van der Waals surface area (Å²) in [5.41, 5.74) is 0. The predicted molar refractivity (Wildman–Crippen MR) is 65.3 cm³/mol. The summed E-state index contributed by atoms with van der Waals surface area (Å²) in [6.07, 6.45) is 7.26. The van der Waals surface area contributed by atoms with Crippen molar-refractivity contribution in [1.82, 2.24) is 10.6 Å². The number of hydrogen-bond donors (Lipinski definition) is 2. The van der Waals surface area contributed by atoms with Gasteiger partial charge in [0, 0.05) is 12.5 Å². The van der Waals surface area contributed by atoms with Crippen LogP contribution in [-0.4, -0.2) is 23.9 Å². The van der Waals surface area contributed by atoms with Gasteiger partial charge in [0.15, 0.2) is 0 Å². The summed E-state index contributed by atoms with van der Waals surface area (Å²) in [5, 5.41) is 5.83. The molecule has 3 unspecified atom stereocenters. The maximum Gasteiger partial charge on any atom is 0.243 e. The van der Waals surface area contributed by atoms with E-state index in [0.717, 1.165) is 12.3 Å². The molecule has 2 N–H and O–H groups in total. The predicted octanol–water partition coefficient (Wildman–Crippen LogP) is 1.35. The third kappa shape index (κ3) is 3.28. The number of piperidine rings is 1. The molecule has 0 spiro atoms. The molecule has 17 heavy (non-hydrogen) atoms. The minimum Gasteiger partial charge on any atom is -0.303 e. The third-order valence-corrected chi connectivity index (χ3v) is 4.04. The summed E-state index contributed by atoms with van der Waals surface area (Å²) in [6.45, 7) is 2.24. The molecule has 2 amide bonds. The Labute approximate surface area is 103 Å².